The number of halogens is 2. The van der Waals surface area contributed by atoms with E-state index in [4.69, 9.17) is 19.4 Å². The standard InChI is InChI=1S/C47H54F2N10O6/c1-27-5-4-14-65-45-34(20-50-55(45)3)38-17-31(15-28(2)51-38)42(61)54-46-52-37-8-6-29(16-39(37)59(46)21-27)22-58-13-12-57(24-47(58)25-64-26-47)44(63)30-10-11-56(23-30)32-18-35(48)41(36(49)19-32)33-7-9-40(60)53-43(33)62/h6,8,15-19,27,30,33,50H,4-5,7,9-14,20-26H2,1-3H3,(H,52,54,61)(H,53,60,62)/t27-,30-,33-/m1/s1. The van der Waals surface area contributed by atoms with Crippen molar-refractivity contribution in [1.82, 2.24) is 40.1 Å². The lowest BCUT2D eigenvalue weighted by atomic mass is 9.89. The summed E-state index contributed by atoms with van der Waals surface area (Å²) in [6.07, 6.45) is 2.35. The number of hydrogen-bond donors (Lipinski definition) is 3. The van der Waals surface area contributed by atoms with Gasteiger partial charge in [-0.15, -0.1) is 0 Å². The molecule has 8 heterocycles. The summed E-state index contributed by atoms with van der Waals surface area (Å²) in [5, 5.41) is 7.18. The van der Waals surface area contributed by atoms with Crippen LogP contribution in [-0.2, 0) is 36.9 Å². The van der Waals surface area contributed by atoms with Crippen LogP contribution in [0.25, 0.3) is 16.6 Å². The number of pyridine rings is 1. The number of nitrogens with one attached hydrogen (secondary N) is 3. The average molecular weight is 893 g/mol. The molecule has 0 saturated carbocycles. The van der Waals surface area contributed by atoms with E-state index in [0.717, 1.165) is 46.6 Å². The highest BCUT2D eigenvalue weighted by molar-refractivity contribution is 6.04. The van der Waals surface area contributed by atoms with Crippen LogP contribution in [0.3, 0.4) is 0 Å². The first kappa shape index (κ1) is 42.9. The van der Waals surface area contributed by atoms with Crippen LogP contribution in [0.2, 0.25) is 0 Å². The number of ether oxygens (including phenoxy) is 2. The van der Waals surface area contributed by atoms with Gasteiger partial charge < -0.3 is 23.8 Å². The van der Waals surface area contributed by atoms with Crippen molar-refractivity contribution in [1.29, 1.82) is 0 Å². The Bertz CT molecular complexity index is 2610. The number of piperazine rings is 1. The molecular formula is C47H54F2N10O6. The summed E-state index contributed by atoms with van der Waals surface area (Å²) in [5.74, 6) is -3.05. The van der Waals surface area contributed by atoms with Crippen molar-refractivity contribution in [3.05, 3.63) is 88.1 Å². The predicted molar refractivity (Wildman–Crippen MR) is 236 cm³/mol. The number of nitrogens with zero attached hydrogens (tertiary/aromatic N) is 7. The molecule has 6 aliphatic rings. The van der Waals surface area contributed by atoms with Crippen molar-refractivity contribution in [2.45, 2.75) is 70.5 Å². The topological polar surface area (TPSA) is 166 Å². The summed E-state index contributed by atoms with van der Waals surface area (Å²) in [5.41, 5.74) is 8.51. The number of carbonyl (C=O) groups is 4. The molecule has 18 heteroatoms. The Labute approximate surface area is 375 Å². The van der Waals surface area contributed by atoms with E-state index in [9.17, 15) is 19.2 Å². The molecule has 2 bridgehead atoms. The fourth-order valence-electron chi connectivity index (χ4n) is 10.4. The second-order valence-corrected chi connectivity index (χ2v) is 18.6. The molecule has 2 aromatic heterocycles. The number of hydrogen-bond acceptors (Lipinski definition) is 12. The second kappa shape index (κ2) is 17.1. The Hall–Kier alpha value is -5.98. The maximum Gasteiger partial charge on any atom is 0.258 e. The molecule has 0 aliphatic carbocycles. The maximum absolute atomic E-state index is 15.4. The van der Waals surface area contributed by atoms with Gasteiger partial charge in [0, 0.05) is 88.3 Å². The van der Waals surface area contributed by atoms with Crippen molar-refractivity contribution in [3.8, 4) is 0 Å². The number of imide groups is 1. The van der Waals surface area contributed by atoms with Gasteiger partial charge in [0.05, 0.1) is 59.5 Å². The third-order valence-corrected chi connectivity index (χ3v) is 14.0. The Morgan fingerprint density at radius 2 is 1.77 bits per heavy atom. The highest BCUT2D eigenvalue weighted by atomic mass is 19.1. The highest BCUT2D eigenvalue weighted by Gasteiger charge is 2.50. The first-order valence-corrected chi connectivity index (χ1v) is 22.6. The van der Waals surface area contributed by atoms with Crippen molar-refractivity contribution >= 4 is 51.9 Å². The van der Waals surface area contributed by atoms with Crippen LogP contribution in [0.4, 0.5) is 20.4 Å². The third-order valence-electron chi connectivity index (χ3n) is 14.0. The molecular weight excluding hydrogens is 839 g/mol. The highest BCUT2D eigenvalue weighted by Crippen LogP contribution is 2.37. The lowest BCUT2D eigenvalue weighted by Gasteiger charge is -2.55. The molecule has 0 radical (unpaired) electrons. The molecule has 4 saturated heterocycles. The van der Waals surface area contributed by atoms with Crippen LogP contribution in [0.1, 0.15) is 77.8 Å². The van der Waals surface area contributed by atoms with Gasteiger partial charge in [-0.25, -0.2) is 19.2 Å². The largest absolute Gasteiger partial charge is 0.478 e. The van der Waals surface area contributed by atoms with E-state index in [1.807, 2.05) is 40.9 Å². The molecule has 342 valence electrons. The quantitative estimate of drug-likeness (QED) is 0.244. The molecule has 65 heavy (non-hydrogen) atoms. The van der Waals surface area contributed by atoms with E-state index in [-0.39, 0.29) is 47.6 Å². The number of carbonyl (C=O) groups excluding carboxylic acids is 4. The van der Waals surface area contributed by atoms with E-state index < -0.39 is 29.4 Å². The monoisotopic (exact) mass is 892 g/mol. The number of piperidine rings is 1. The summed E-state index contributed by atoms with van der Waals surface area (Å²) in [4.78, 5) is 67.9. The summed E-state index contributed by atoms with van der Waals surface area (Å²) < 4.78 is 45.1. The number of fused-ring (bicyclic) bond motifs is 6. The van der Waals surface area contributed by atoms with Crippen molar-refractivity contribution in [2.75, 3.05) is 76.4 Å². The Morgan fingerprint density at radius 3 is 2.54 bits per heavy atom. The minimum absolute atomic E-state index is 0.0158. The summed E-state index contributed by atoms with van der Waals surface area (Å²) in [6, 6.07) is 12.3. The SMILES string of the molecule is Cc1cc2cc(n1)C1=C(OCCC[C@@H](C)Cn3c(nc4ccc(CN5CCN(C(=O)[C@@H]6CCN(c7cc(F)c([C@H]8CCC(=O)NC8=O)c(F)c7)C6)CC56COC6)cc43)NC2=O)N(C)NC1. The number of anilines is 2. The zero-order chi connectivity index (χ0) is 45.1. The van der Waals surface area contributed by atoms with Gasteiger partial charge in [0.1, 0.15) is 11.6 Å². The zero-order valence-electron chi connectivity index (χ0n) is 36.9. The number of aromatic nitrogens is 3. The van der Waals surface area contributed by atoms with Gasteiger partial charge in [-0.1, -0.05) is 13.0 Å². The van der Waals surface area contributed by atoms with Crippen LogP contribution in [0.5, 0.6) is 0 Å². The molecule has 2 aromatic carbocycles. The van der Waals surface area contributed by atoms with E-state index >= 15 is 8.78 Å². The van der Waals surface area contributed by atoms with Crippen molar-refractivity contribution in [2.24, 2.45) is 11.8 Å². The number of hydrazine groups is 1. The first-order chi connectivity index (χ1) is 31.3. The predicted octanol–water partition coefficient (Wildman–Crippen LogP) is 4.30. The zero-order valence-corrected chi connectivity index (χ0v) is 36.9. The molecule has 4 aromatic rings. The molecule has 3 atom stereocenters. The molecule has 3 N–H and O–H groups in total. The Morgan fingerprint density at radius 1 is 0.954 bits per heavy atom. The Kier molecular flexibility index (Phi) is 11.3. The van der Waals surface area contributed by atoms with Crippen LogP contribution >= 0.6 is 0 Å². The number of rotatable bonds is 5. The summed E-state index contributed by atoms with van der Waals surface area (Å²) in [6.45, 7) is 9.87. The van der Waals surface area contributed by atoms with Gasteiger partial charge in [0.25, 0.3) is 5.91 Å². The second-order valence-electron chi connectivity index (χ2n) is 18.6. The number of imidazole rings is 1. The number of aryl methyl sites for hydroxylation is 1. The summed E-state index contributed by atoms with van der Waals surface area (Å²) >= 11 is 0. The smallest absolute Gasteiger partial charge is 0.258 e. The van der Waals surface area contributed by atoms with Crippen LogP contribution in [0, 0.1) is 30.4 Å². The van der Waals surface area contributed by atoms with Crippen LogP contribution in [0.15, 0.2) is 48.3 Å². The van der Waals surface area contributed by atoms with Gasteiger partial charge >= 0.3 is 0 Å². The molecule has 16 nitrogen and oxygen atoms in total. The molecule has 0 unspecified atom stereocenters. The van der Waals surface area contributed by atoms with Gasteiger partial charge in [0.15, 0.2) is 0 Å². The van der Waals surface area contributed by atoms with Gasteiger partial charge in [-0.2, -0.15) is 0 Å². The molecule has 6 aliphatic heterocycles. The third kappa shape index (κ3) is 8.20. The fraction of sp³-hybridized carbons (Fsp3) is 0.489. The fourth-order valence-corrected chi connectivity index (χ4v) is 10.4. The van der Waals surface area contributed by atoms with Crippen LogP contribution < -0.4 is 21.0 Å². The van der Waals surface area contributed by atoms with Crippen LogP contribution in [-0.4, -0.2) is 125 Å². The lowest BCUT2D eigenvalue weighted by molar-refractivity contribution is -0.180. The lowest BCUT2D eigenvalue weighted by Crippen LogP contribution is -2.72. The van der Waals surface area contributed by atoms with Gasteiger partial charge in [0.2, 0.25) is 29.6 Å². The van der Waals surface area contributed by atoms with Crippen molar-refractivity contribution < 1.29 is 37.4 Å². The van der Waals surface area contributed by atoms with E-state index in [1.54, 1.807) is 6.07 Å². The van der Waals surface area contributed by atoms with Gasteiger partial charge in [-0.3, -0.25) is 44.7 Å². The Balaban J connectivity index is 0.834. The number of amides is 4. The normalized spacial score (nSPS) is 24.0. The van der Waals surface area contributed by atoms with E-state index in [2.05, 4.69) is 44.6 Å². The summed E-state index contributed by atoms with van der Waals surface area (Å²) in [7, 11) is 1.92. The number of benzene rings is 2. The van der Waals surface area contributed by atoms with E-state index in [1.165, 1.54) is 12.1 Å². The molecule has 10 rings (SSSR count). The minimum atomic E-state index is -1.07. The molecule has 4 fully saturated rings. The van der Waals surface area contributed by atoms with Crippen molar-refractivity contribution in [3.63, 3.8) is 0 Å². The molecule has 1 spiro atoms. The average Bonchev–Trinajstić information content (AvgIpc) is 3.99. The minimum Gasteiger partial charge on any atom is -0.478 e. The molecule has 4 amide bonds. The first-order valence-electron chi connectivity index (χ1n) is 22.6. The maximum atomic E-state index is 15.4. The van der Waals surface area contributed by atoms with Gasteiger partial charge in [-0.05, 0) is 80.5 Å². The van der Waals surface area contributed by atoms with E-state index in [0.29, 0.717) is 101 Å².